The Labute approximate surface area is 375 Å². The highest BCUT2D eigenvalue weighted by Crippen LogP contribution is 2.64. The van der Waals surface area contributed by atoms with Crippen LogP contribution in [0.15, 0.2) is 132 Å². The van der Waals surface area contributed by atoms with Crippen molar-refractivity contribution in [2.75, 3.05) is 9.71 Å². The summed E-state index contributed by atoms with van der Waals surface area (Å²) in [5, 5.41) is 5.09. The Hall–Kier alpha value is -5.78. The Morgan fingerprint density at radius 2 is 1.40 bits per heavy atom. The molecule has 1 saturated carbocycles. The molecule has 2 aromatic heterocycles. The number of para-hydroxylation sites is 1. The quantitative estimate of drug-likeness (QED) is 0.142. The first-order valence-electron chi connectivity index (χ1n) is 23.8. The lowest BCUT2D eigenvalue weighted by Gasteiger charge is -2.53. The normalized spacial score (nSPS) is 19.6. The largest absolute Gasteiger partial charge is 0.454 e. The number of furan rings is 1. The molecule has 0 amide bonds. The molecular weight excluding hydrogens is 784 g/mol. The number of benzene rings is 7. The zero-order valence-electron chi connectivity index (χ0n) is 37.0. The van der Waals surface area contributed by atoms with E-state index in [0.29, 0.717) is 0 Å². The lowest BCUT2D eigenvalue weighted by molar-refractivity contribution is 0.195. The van der Waals surface area contributed by atoms with Gasteiger partial charge < -0.3 is 14.1 Å². The van der Waals surface area contributed by atoms with E-state index in [2.05, 4.69) is 165 Å². The van der Waals surface area contributed by atoms with Gasteiger partial charge in [-0.3, -0.25) is 0 Å². The van der Waals surface area contributed by atoms with Crippen LogP contribution in [0, 0.1) is 0 Å². The Kier molecular flexibility index (Phi) is 8.31. The van der Waals surface area contributed by atoms with E-state index in [-0.39, 0.29) is 17.8 Å². The van der Waals surface area contributed by atoms with Crippen LogP contribution in [0.2, 0.25) is 0 Å². The van der Waals surface area contributed by atoms with E-state index in [1.54, 1.807) is 5.56 Å². The highest BCUT2D eigenvalue weighted by molar-refractivity contribution is 7.26. The molecule has 5 heterocycles. The van der Waals surface area contributed by atoms with Gasteiger partial charge in [-0.05, 0) is 121 Å². The van der Waals surface area contributed by atoms with Gasteiger partial charge >= 0.3 is 6.85 Å². The van der Waals surface area contributed by atoms with Gasteiger partial charge in [-0.1, -0.05) is 137 Å². The van der Waals surface area contributed by atoms with E-state index >= 15 is 0 Å². The van der Waals surface area contributed by atoms with Crippen molar-refractivity contribution >= 4 is 94.0 Å². The molecule has 13 rings (SSSR count). The van der Waals surface area contributed by atoms with E-state index in [1.807, 2.05) is 11.3 Å². The van der Waals surface area contributed by atoms with Crippen molar-refractivity contribution in [3.8, 4) is 22.3 Å². The molecule has 63 heavy (non-hydrogen) atoms. The van der Waals surface area contributed by atoms with Crippen molar-refractivity contribution in [1.29, 1.82) is 0 Å². The van der Waals surface area contributed by atoms with E-state index in [4.69, 9.17) is 4.42 Å². The minimum atomic E-state index is -0.122. The topological polar surface area (TPSA) is 19.6 Å². The fourth-order valence-corrected chi connectivity index (χ4v) is 14.1. The molecule has 0 bridgehead atoms. The molecule has 3 nitrogen and oxygen atoms in total. The van der Waals surface area contributed by atoms with Gasteiger partial charge in [0.05, 0.1) is 11.2 Å². The zero-order valence-corrected chi connectivity index (χ0v) is 37.8. The average Bonchev–Trinajstić information content (AvgIpc) is 3.95. The standard InChI is InChI=1S/C58H53BN2OS/c1-5-7-18-36-26-28-47(42(32-36)38-20-10-9-11-21-38)61-48-29-27-41-40-23-13-15-25-50(40)63-56(41)51(48)44-35-43-39-22-12-14-24-49(39)62-55(43)54-52(44)59(61)46-34-37(19-8-6-2)33-45-53(46)60(54)58(4)31-17-16-30-57(45,58)3/h9-15,20-29,32-35H,5-8,16-19,30-31H2,1-4H3. The lowest BCUT2D eigenvalue weighted by atomic mass is 9.43. The molecule has 0 saturated heterocycles. The molecule has 9 aromatic rings. The van der Waals surface area contributed by atoms with Crippen molar-refractivity contribution in [1.82, 2.24) is 0 Å². The van der Waals surface area contributed by atoms with Crippen molar-refractivity contribution < 1.29 is 4.42 Å². The summed E-state index contributed by atoms with van der Waals surface area (Å²) in [6.45, 7) is 9.79. The lowest BCUT2D eigenvalue weighted by Crippen LogP contribution is -2.64. The fourth-order valence-electron chi connectivity index (χ4n) is 12.8. The van der Waals surface area contributed by atoms with Crippen LogP contribution in [-0.2, 0) is 18.3 Å². The SMILES string of the molecule is CCCCc1ccc(N2B3c4cc(CCCC)cc5c4N(c4c3c(cc3c4oc4ccccc43)-c3c2ccc2c3sc3ccccc32)C2(C)CCCCC52C)c(-c2ccccc2)c1. The van der Waals surface area contributed by atoms with Gasteiger partial charge in [0.15, 0.2) is 5.58 Å². The predicted octanol–water partition coefficient (Wildman–Crippen LogP) is 15.3. The average molecular weight is 837 g/mol. The third-order valence-corrected chi connectivity index (χ3v) is 17.3. The van der Waals surface area contributed by atoms with Crippen molar-refractivity contribution in [2.24, 2.45) is 0 Å². The Balaban J connectivity index is 1.23. The number of thiophene rings is 1. The Bertz CT molecular complexity index is 3340. The number of fused-ring (bicyclic) bond motifs is 15. The molecule has 0 N–H and O–H groups in total. The second-order valence-electron chi connectivity index (χ2n) is 19.5. The maximum Gasteiger partial charge on any atom is 0.333 e. The van der Waals surface area contributed by atoms with Crippen LogP contribution < -0.4 is 20.6 Å². The molecule has 0 radical (unpaired) electrons. The van der Waals surface area contributed by atoms with E-state index < -0.39 is 0 Å². The predicted molar refractivity (Wildman–Crippen MR) is 271 cm³/mol. The molecule has 4 aliphatic rings. The first kappa shape index (κ1) is 37.8. The zero-order chi connectivity index (χ0) is 42.2. The van der Waals surface area contributed by atoms with Crippen LogP contribution in [0.4, 0.5) is 22.7 Å². The van der Waals surface area contributed by atoms with Crippen molar-refractivity contribution in [3.05, 3.63) is 144 Å². The minimum Gasteiger partial charge on any atom is -0.454 e. The van der Waals surface area contributed by atoms with Gasteiger partial charge in [0.1, 0.15) is 5.58 Å². The molecular formula is C58H53BN2OS. The highest BCUT2D eigenvalue weighted by Gasteiger charge is 2.62. The first-order valence-corrected chi connectivity index (χ1v) is 24.6. The fraction of sp³-hybridized carbons (Fsp3) is 0.276. The molecule has 7 aromatic carbocycles. The van der Waals surface area contributed by atoms with Crippen molar-refractivity contribution in [2.45, 2.75) is 103 Å². The first-order chi connectivity index (χ1) is 30.9. The summed E-state index contributed by atoms with van der Waals surface area (Å²) in [6, 6.07) is 49.2. The Morgan fingerprint density at radius 3 is 2.24 bits per heavy atom. The van der Waals surface area contributed by atoms with E-state index in [0.717, 1.165) is 30.4 Å². The van der Waals surface area contributed by atoms with Gasteiger partial charge in [0.25, 0.3) is 0 Å². The summed E-state index contributed by atoms with van der Waals surface area (Å²) < 4.78 is 9.98. The van der Waals surface area contributed by atoms with E-state index in [9.17, 15) is 0 Å². The smallest absolute Gasteiger partial charge is 0.333 e. The molecule has 0 spiro atoms. The Morgan fingerprint density at radius 1 is 0.651 bits per heavy atom. The molecule has 5 heteroatoms. The summed E-state index contributed by atoms with van der Waals surface area (Å²) in [5.74, 6) is 0. The van der Waals surface area contributed by atoms with Gasteiger partial charge in [0.2, 0.25) is 0 Å². The van der Waals surface area contributed by atoms with Crippen LogP contribution in [-0.4, -0.2) is 12.4 Å². The maximum atomic E-state index is 7.28. The molecule has 3 aliphatic heterocycles. The maximum absolute atomic E-state index is 7.28. The molecule has 2 atom stereocenters. The second kappa shape index (κ2) is 13.9. The number of aryl methyl sites for hydroxylation is 2. The van der Waals surface area contributed by atoms with Gasteiger partial charge in [-0.25, -0.2) is 0 Å². The molecule has 1 aliphatic carbocycles. The minimum absolute atomic E-state index is 0.0152. The van der Waals surface area contributed by atoms with Crippen LogP contribution in [0.1, 0.15) is 95.8 Å². The second-order valence-corrected chi connectivity index (χ2v) is 20.6. The van der Waals surface area contributed by atoms with Gasteiger partial charge in [0, 0.05) is 64.5 Å². The summed E-state index contributed by atoms with van der Waals surface area (Å²) >= 11 is 1.96. The summed E-state index contributed by atoms with van der Waals surface area (Å²) in [4.78, 5) is 5.68. The number of hydrogen-bond acceptors (Lipinski definition) is 4. The third-order valence-electron chi connectivity index (χ3n) is 16.1. The van der Waals surface area contributed by atoms with Gasteiger partial charge in [-0.2, -0.15) is 0 Å². The molecule has 2 unspecified atom stereocenters. The number of nitrogens with zero attached hydrogens (tertiary/aromatic N) is 2. The number of unbranched alkanes of at least 4 members (excludes halogenated alkanes) is 2. The van der Waals surface area contributed by atoms with E-state index in [1.165, 1.54) is 143 Å². The summed E-state index contributed by atoms with van der Waals surface area (Å²) in [5.41, 5.74) is 19.7. The number of hydrogen-bond donors (Lipinski definition) is 0. The summed E-state index contributed by atoms with van der Waals surface area (Å²) in [6.07, 6.45) is 11.7. The molecule has 310 valence electrons. The number of anilines is 4. The van der Waals surface area contributed by atoms with Crippen LogP contribution in [0.5, 0.6) is 0 Å². The van der Waals surface area contributed by atoms with Crippen LogP contribution >= 0.6 is 11.3 Å². The van der Waals surface area contributed by atoms with Gasteiger partial charge in [-0.15, -0.1) is 11.3 Å². The van der Waals surface area contributed by atoms with Crippen LogP contribution in [0.25, 0.3) is 64.4 Å². The molecule has 1 fully saturated rings. The highest BCUT2D eigenvalue weighted by atomic mass is 32.1. The third kappa shape index (κ3) is 5.09. The monoisotopic (exact) mass is 836 g/mol. The van der Waals surface area contributed by atoms with Crippen molar-refractivity contribution in [3.63, 3.8) is 0 Å². The number of rotatable bonds is 8. The summed E-state index contributed by atoms with van der Waals surface area (Å²) in [7, 11) is 0. The van der Waals surface area contributed by atoms with Crippen LogP contribution in [0.3, 0.4) is 0 Å².